The molecule has 0 aliphatic heterocycles. The van der Waals surface area contributed by atoms with Gasteiger partial charge in [0.15, 0.2) is 6.61 Å². The fourth-order valence-electron chi connectivity index (χ4n) is 1.21. The number of carbonyl (C=O) groups is 1. The number of benzene rings is 1. The average molecular weight is 219 g/mol. The average Bonchev–Trinajstić information content (AvgIpc) is 2.34. The molecule has 3 heteroatoms. The summed E-state index contributed by atoms with van der Waals surface area (Å²) in [5.41, 5.74) is 1.25. The first kappa shape index (κ1) is 12.3. The Morgan fingerprint density at radius 3 is 2.69 bits per heavy atom. The molecule has 0 radical (unpaired) electrons. The number of nitrogens with one attached hydrogen (secondary N) is 1. The van der Waals surface area contributed by atoms with E-state index in [2.05, 4.69) is 18.8 Å². The van der Waals surface area contributed by atoms with Crippen LogP contribution >= 0.6 is 0 Å². The Bertz CT molecular complexity index is 343. The van der Waals surface area contributed by atoms with E-state index in [0.29, 0.717) is 12.3 Å². The highest BCUT2D eigenvalue weighted by atomic mass is 16.5. The smallest absolute Gasteiger partial charge is 0.258 e. The van der Waals surface area contributed by atoms with Gasteiger partial charge in [0.1, 0.15) is 5.75 Å². The maximum Gasteiger partial charge on any atom is 0.258 e. The Labute approximate surface area is 96.1 Å². The van der Waals surface area contributed by atoms with Crippen LogP contribution in [0.5, 0.6) is 5.75 Å². The molecule has 1 rings (SSSR count). The third kappa shape index (κ3) is 4.17. The zero-order chi connectivity index (χ0) is 11.8. The summed E-state index contributed by atoms with van der Waals surface area (Å²) < 4.78 is 5.32. The number of carbonyl (C=O) groups excluding carboxylic acids is 1. The lowest BCUT2D eigenvalue weighted by molar-refractivity contribution is -0.122. The van der Waals surface area contributed by atoms with E-state index in [0.717, 1.165) is 6.42 Å². The van der Waals surface area contributed by atoms with Gasteiger partial charge < -0.3 is 10.1 Å². The van der Waals surface area contributed by atoms with Crippen molar-refractivity contribution in [2.75, 3.05) is 13.2 Å². The van der Waals surface area contributed by atoms with Gasteiger partial charge in [0.25, 0.3) is 5.91 Å². The molecule has 1 N–H and O–H groups in total. The second kappa shape index (κ2) is 6.67. The van der Waals surface area contributed by atoms with Crippen LogP contribution in [0.15, 0.2) is 36.9 Å². The quantitative estimate of drug-likeness (QED) is 0.742. The van der Waals surface area contributed by atoms with Gasteiger partial charge in [-0.15, -0.1) is 6.58 Å². The van der Waals surface area contributed by atoms with E-state index >= 15 is 0 Å². The first-order valence-corrected chi connectivity index (χ1v) is 5.35. The standard InChI is InChI=1S/C13H17NO2/c1-3-9-14-13(15)10-16-12-7-5-11(4-2)6-8-12/h3,5-8H,1,4,9-10H2,2H3,(H,14,15). The van der Waals surface area contributed by atoms with Crippen molar-refractivity contribution >= 4 is 5.91 Å². The van der Waals surface area contributed by atoms with Gasteiger partial charge in [0.2, 0.25) is 0 Å². The second-order valence-electron chi connectivity index (χ2n) is 3.38. The van der Waals surface area contributed by atoms with Crippen LogP contribution in [0, 0.1) is 0 Å². The molecule has 0 aromatic heterocycles. The van der Waals surface area contributed by atoms with E-state index in [9.17, 15) is 4.79 Å². The summed E-state index contributed by atoms with van der Waals surface area (Å²) >= 11 is 0. The van der Waals surface area contributed by atoms with Crippen molar-refractivity contribution in [2.24, 2.45) is 0 Å². The van der Waals surface area contributed by atoms with E-state index in [1.807, 2.05) is 24.3 Å². The SMILES string of the molecule is C=CCNC(=O)COc1ccc(CC)cc1. The predicted octanol–water partition coefficient (Wildman–Crippen LogP) is 1.93. The minimum Gasteiger partial charge on any atom is -0.484 e. The number of amides is 1. The molecule has 16 heavy (non-hydrogen) atoms. The molecule has 0 fully saturated rings. The summed E-state index contributed by atoms with van der Waals surface area (Å²) in [7, 11) is 0. The molecule has 3 nitrogen and oxygen atoms in total. The van der Waals surface area contributed by atoms with Crippen molar-refractivity contribution in [3.8, 4) is 5.75 Å². The van der Waals surface area contributed by atoms with Crippen LogP contribution in [0.4, 0.5) is 0 Å². The molecule has 86 valence electrons. The van der Waals surface area contributed by atoms with Gasteiger partial charge in [0.05, 0.1) is 0 Å². The van der Waals surface area contributed by atoms with Gasteiger partial charge in [-0.2, -0.15) is 0 Å². The minimum atomic E-state index is -0.139. The van der Waals surface area contributed by atoms with Gasteiger partial charge in [0, 0.05) is 6.54 Å². The van der Waals surface area contributed by atoms with E-state index < -0.39 is 0 Å². The summed E-state index contributed by atoms with van der Waals surface area (Å²) in [4.78, 5) is 11.2. The van der Waals surface area contributed by atoms with Crippen LogP contribution in [0.2, 0.25) is 0 Å². The van der Waals surface area contributed by atoms with Gasteiger partial charge in [-0.1, -0.05) is 25.1 Å². The molecular formula is C13H17NO2. The van der Waals surface area contributed by atoms with Crippen LogP contribution in [0.25, 0.3) is 0 Å². The lowest BCUT2D eigenvalue weighted by atomic mass is 10.2. The van der Waals surface area contributed by atoms with E-state index in [1.54, 1.807) is 6.08 Å². The van der Waals surface area contributed by atoms with Gasteiger partial charge in [-0.05, 0) is 24.1 Å². The van der Waals surface area contributed by atoms with Crippen molar-refractivity contribution in [3.05, 3.63) is 42.5 Å². The first-order chi connectivity index (χ1) is 7.76. The molecule has 0 spiro atoms. The molecular weight excluding hydrogens is 202 g/mol. The molecule has 1 amide bonds. The van der Waals surface area contributed by atoms with Crippen molar-refractivity contribution in [2.45, 2.75) is 13.3 Å². The van der Waals surface area contributed by atoms with E-state index in [4.69, 9.17) is 4.74 Å². The second-order valence-corrected chi connectivity index (χ2v) is 3.38. The third-order valence-electron chi connectivity index (χ3n) is 2.15. The summed E-state index contributed by atoms with van der Waals surface area (Å²) in [6, 6.07) is 7.74. The maximum absolute atomic E-state index is 11.2. The molecule has 0 aliphatic carbocycles. The first-order valence-electron chi connectivity index (χ1n) is 5.35. The normalized spacial score (nSPS) is 9.56. The van der Waals surface area contributed by atoms with Crippen molar-refractivity contribution in [1.29, 1.82) is 0 Å². The molecule has 0 heterocycles. The van der Waals surface area contributed by atoms with Crippen LogP contribution in [-0.2, 0) is 11.2 Å². The monoisotopic (exact) mass is 219 g/mol. The van der Waals surface area contributed by atoms with Crippen LogP contribution < -0.4 is 10.1 Å². The predicted molar refractivity (Wildman–Crippen MR) is 64.5 cm³/mol. The number of rotatable bonds is 6. The highest BCUT2D eigenvalue weighted by Crippen LogP contribution is 2.12. The van der Waals surface area contributed by atoms with E-state index in [1.165, 1.54) is 5.56 Å². The molecule has 0 saturated carbocycles. The number of ether oxygens (including phenoxy) is 1. The summed E-state index contributed by atoms with van der Waals surface area (Å²) in [6.07, 6.45) is 2.63. The Morgan fingerprint density at radius 2 is 2.12 bits per heavy atom. The Hall–Kier alpha value is -1.77. The van der Waals surface area contributed by atoms with Crippen LogP contribution in [0.3, 0.4) is 0 Å². The van der Waals surface area contributed by atoms with Gasteiger partial charge >= 0.3 is 0 Å². The summed E-state index contributed by atoms with van der Waals surface area (Å²) in [5, 5.41) is 2.64. The lowest BCUT2D eigenvalue weighted by Gasteiger charge is -2.06. The highest BCUT2D eigenvalue weighted by Gasteiger charge is 2.00. The summed E-state index contributed by atoms with van der Waals surface area (Å²) in [5.74, 6) is 0.574. The number of hydrogen-bond acceptors (Lipinski definition) is 2. The molecule has 0 unspecified atom stereocenters. The lowest BCUT2D eigenvalue weighted by Crippen LogP contribution is -2.28. The Kier molecular flexibility index (Phi) is 5.12. The minimum absolute atomic E-state index is 0.0410. The topological polar surface area (TPSA) is 38.3 Å². The van der Waals surface area contributed by atoms with Crippen LogP contribution in [0.1, 0.15) is 12.5 Å². The maximum atomic E-state index is 11.2. The fraction of sp³-hybridized carbons (Fsp3) is 0.308. The van der Waals surface area contributed by atoms with Gasteiger partial charge in [-0.25, -0.2) is 0 Å². The number of aryl methyl sites for hydroxylation is 1. The van der Waals surface area contributed by atoms with Crippen molar-refractivity contribution in [3.63, 3.8) is 0 Å². The highest BCUT2D eigenvalue weighted by molar-refractivity contribution is 5.77. The van der Waals surface area contributed by atoms with Crippen molar-refractivity contribution in [1.82, 2.24) is 5.32 Å². The zero-order valence-corrected chi connectivity index (χ0v) is 9.53. The number of hydrogen-bond donors (Lipinski definition) is 1. The molecule has 0 saturated heterocycles. The van der Waals surface area contributed by atoms with Crippen molar-refractivity contribution < 1.29 is 9.53 Å². The molecule has 0 aliphatic rings. The zero-order valence-electron chi connectivity index (χ0n) is 9.53. The molecule has 1 aromatic rings. The van der Waals surface area contributed by atoms with E-state index in [-0.39, 0.29) is 12.5 Å². The largest absolute Gasteiger partial charge is 0.484 e. The molecule has 1 aromatic carbocycles. The van der Waals surface area contributed by atoms with Gasteiger partial charge in [-0.3, -0.25) is 4.79 Å². The Morgan fingerprint density at radius 1 is 1.44 bits per heavy atom. The molecule has 0 bridgehead atoms. The third-order valence-corrected chi connectivity index (χ3v) is 2.15. The summed E-state index contributed by atoms with van der Waals surface area (Å²) in [6.45, 7) is 6.12. The molecule has 0 atom stereocenters. The Balaban J connectivity index is 2.36. The fourth-order valence-corrected chi connectivity index (χ4v) is 1.21. The van der Waals surface area contributed by atoms with Crippen LogP contribution in [-0.4, -0.2) is 19.1 Å².